The zero-order valence-corrected chi connectivity index (χ0v) is 17.5. The minimum absolute atomic E-state index is 0.152. The number of benzene rings is 1. The van der Waals surface area contributed by atoms with Crippen LogP contribution in [0.4, 0.5) is 10.3 Å². The van der Waals surface area contributed by atoms with Crippen LogP contribution in [-0.2, 0) is 20.8 Å². The highest BCUT2D eigenvalue weighted by Gasteiger charge is 2.25. The van der Waals surface area contributed by atoms with Crippen molar-refractivity contribution >= 4 is 67.1 Å². The molecule has 0 bridgehead atoms. The summed E-state index contributed by atoms with van der Waals surface area (Å²) >= 11 is 2.68. The van der Waals surface area contributed by atoms with Gasteiger partial charge in [-0.2, -0.15) is 0 Å². The van der Waals surface area contributed by atoms with Crippen LogP contribution in [0.25, 0.3) is 10.2 Å². The lowest BCUT2D eigenvalue weighted by Crippen LogP contribution is -2.28. The fourth-order valence-electron chi connectivity index (χ4n) is 2.86. The van der Waals surface area contributed by atoms with E-state index in [1.165, 1.54) is 35.0 Å². The summed E-state index contributed by atoms with van der Waals surface area (Å²) in [4.78, 5) is 48.5. The Labute approximate surface area is 179 Å². The summed E-state index contributed by atoms with van der Waals surface area (Å²) in [5, 5.41) is 8.19. The van der Waals surface area contributed by atoms with Gasteiger partial charge in [0.15, 0.2) is 10.3 Å². The van der Waals surface area contributed by atoms with E-state index in [4.69, 9.17) is 0 Å². The number of anilines is 2. The van der Waals surface area contributed by atoms with Gasteiger partial charge >= 0.3 is 0 Å². The van der Waals surface area contributed by atoms with Crippen LogP contribution in [-0.4, -0.2) is 33.9 Å². The van der Waals surface area contributed by atoms with Crippen molar-refractivity contribution in [1.82, 2.24) is 9.97 Å². The maximum atomic E-state index is 12.3. The number of para-hydroxylation sites is 1. The highest BCUT2D eigenvalue weighted by atomic mass is 32.1. The van der Waals surface area contributed by atoms with Crippen molar-refractivity contribution in [2.24, 2.45) is 10.9 Å². The van der Waals surface area contributed by atoms with Crippen LogP contribution in [0.5, 0.6) is 0 Å². The Bertz CT molecular complexity index is 1190. The van der Waals surface area contributed by atoms with E-state index in [9.17, 15) is 14.4 Å². The third-order valence-corrected chi connectivity index (χ3v) is 6.14. The lowest BCUT2D eigenvalue weighted by molar-refractivity contribution is -0.128. The highest BCUT2D eigenvalue weighted by molar-refractivity contribution is 7.22. The molecule has 1 aliphatic heterocycles. The minimum Gasteiger partial charge on any atom is -0.302 e. The topological polar surface area (TPSA) is 113 Å². The van der Waals surface area contributed by atoms with E-state index in [0.29, 0.717) is 22.4 Å². The summed E-state index contributed by atoms with van der Waals surface area (Å²) in [6.07, 6.45) is 5.07. The second-order valence-electron chi connectivity index (χ2n) is 6.60. The number of allylic oxidation sites excluding steroid dienone is 1. The van der Waals surface area contributed by atoms with Crippen LogP contribution in [0, 0.1) is 12.8 Å². The van der Waals surface area contributed by atoms with Crippen molar-refractivity contribution in [3.05, 3.63) is 47.0 Å². The second-order valence-corrected chi connectivity index (χ2v) is 8.49. The summed E-state index contributed by atoms with van der Waals surface area (Å²) in [5.74, 6) is -2.07. The van der Waals surface area contributed by atoms with Gasteiger partial charge in [-0.3, -0.25) is 14.4 Å². The molecule has 0 radical (unpaired) electrons. The molecule has 3 amide bonds. The van der Waals surface area contributed by atoms with Gasteiger partial charge in [0.1, 0.15) is 5.92 Å². The lowest BCUT2D eigenvalue weighted by atomic mass is 10.1. The maximum Gasteiger partial charge on any atom is 0.262 e. The van der Waals surface area contributed by atoms with E-state index in [-0.39, 0.29) is 12.3 Å². The smallest absolute Gasteiger partial charge is 0.262 e. The van der Waals surface area contributed by atoms with Gasteiger partial charge in [0.05, 0.1) is 15.9 Å². The summed E-state index contributed by atoms with van der Waals surface area (Å²) < 4.78 is 1.03. The zero-order valence-electron chi connectivity index (χ0n) is 15.9. The molecule has 10 heteroatoms. The maximum absolute atomic E-state index is 12.3. The van der Waals surface area contributed by atoms with Gasteiger partial charge in [-0.25, -0.2) is 15.0 Å². The van der Waals surface area contributed by atoms with Gasteiger partial charge in [-0.05, 0) is 31.1 Å². The number of carbonyl (C=O) groups is 3. The molecule has 30 heavy (non-hydrogen) atoms. The summed E-state index contributed by atoms with van der Waals surface area (Å²) in [7, 11) is 0. The van der Waals surface area contributed by atoms with E-state index >= 15 is 0 Å². The molecule has 0 aliphatic carbocycles. The second kappa shape index (κ2) is 8.64. The number of carbonyl (C=O) groups excluding carboxylic acids is 3. The van der Waals surface area contributed by atoms with Gasteiger partial charge < -0.3 is 10.6 Å². The van der Waals surface area contributed by atoms with Crippen molar-refractivity contribution in [2.75, 3.05) is 10.6 Å². The third-order valence-electron chi connectivity index (χ3n) is 4.40. The summed E-state index contributed by atoms with van der Waals surface area (Å²) in [6, 6.07) is 5.93. The number of fused-ring (bicyclic) bond motifs is 1. The molecular weight excluding hydrogens is 422 g/mol. The van der Waals surface area contributed by atoms with E-state index < -0.39 is 17.7 Å². The third kappa shape index (κ3) is 4.50. The van der Waals surface area contributed by atoms with Crippen molar-refractivity contribution in [2.45, 2.75) is 19.8 Å². The van der Waals surface area contributed by atoms with Gasteiger partial charge in [0.25, 0.3) is 5.91 Å². The molecule has 3 heterocycles. The lowest BCUT2D eigenvalue weighted by Gasteiger charge is -2.09. The van der Waals surface area contributed by atoms with Gasteiger partial charge in [-0.1, -0.05) is 29.5 Å². The molecule has 152 valence electrons. The number of aromatic nitrogens is 2. The van der Waals surface area contributed by atoms with E-state index in [1.54, 1.807) is 11.5 Å². The molecule has 1 unspecified atom stereocenters. The Morgan fingerprint density at radius 1 is 1.17 bits per heavy atom. The molecule has 1 aliphatic rings. The van der Waals surface area contributed by atoms with E-state index in [1.807, 2.05) is 25.1 Å². The number of dihydropyridines is 1. The van der Waals surface area contributed by atoms with Gasteiger partial charge in [0.2, 0.25) is 11.8 Å². The Morgan fingerprint density at radius 3 is 2.83 bits per heavy atom. The fraction of sp³-hybridized carbons (Fsp3) is 0.200. The number of thiazole rings is 2. The number of rotatable bonds is 6. The molecule has 0 fully saturated rings. The van der Waals surface area contributed by atoms with Crippen LogP contribution < -0.4 is 10.6 Å². The van der Waals surface area contributed by atoms with Crippen LogP contribution in [0.1, 0.15) is 17.7 Å². The number of hydrogen-bond donors (Lipinski definition) is 2. The summed E-state index contributed by atoms with van der Waals surface area (Å²) in [6.45, 7) is 1.99. The van der Waals surface area contributed by atoms with Crippen molar-refractivity contribution in [3.63, 3.8) is 0 Å². The highest BCUT2D eigenvalue weighted by Crippen LogP contribution is 2.28. The van der Waals surface area contributed by atoms with Crippen molar-refractivity contribution in [1.29, 1.82) is 0 Å². The van der Waals surface area contributed by atoms with E-state index in [2.05, 4.69) is 25.6 Å². The largest absolute Gasteiger partial charge is 0.302 e. The summed E-state index contributed by atoms with van der Waals surface area (Å²) in [5.41, 5.74) is 2.65. The molecule has 1 atom stereocenters. The SMILES string of the molecule is Cc1cccc2sc(NC(=O)CCc3csc(NC(=O)C4C=CC=NC4=O)n3)nc12. The quantitative estimate of drug-likeness (QED) is 0.572. The monoisotopic (exact) mass is 439 g/mol. The fourth-order valence-corrected chi connectivity index (χ4v) is 4.57. The molecule has 8 nitrogen and oxygen atoms in total. The molecule has 4 rings (SSSR count). The predicted octanol–water partition coefficient (Wildman–Crippen LogP) is 3.35. The minimum atomic E-state index is -0.939. The molecule has 3 aromatic rings. The molecule has 0 saturated heterocycles. The average molecular weight is 440 g/mol. The first-order valence-electron chi connectivity index (χ1n) is 9.15. The van der Waals surface area contributed by atoms with Crippen LogP contribution in [0.15, 0.2) is 40.7 Å². The average Bonchev–Trinajstić information content (AvgIpc) is 3.34. The molecule has 2 N–H and O–H groups in total. The molecule has 0 saturated carbocycles. The predicted molar refractivity (Wildman–Crippen MR) is 118 cm³/mol. The number of nitrogens with one attached hydrogen (secondary N) is 2. The Morgan fingerprint density at radius 2 is 2.03 bits per heavy atom. The normalized spacial score (nSPS) is 15.5. The Kier molecular flexibility index (Phi) is 5.77. The van der Waals surface area contributed by atoms with Crippen molar-refractivity contribution < 1.29 is 14.4 Å². The Balaban J connectivity index is 1.30. The van der Waals surface area contributed by atoms with E-state index in [0.717, 1.165) is 15.8 Å². The molecule has 2 aromatic heterocycles. The van der Waals surface area contributed by atoms with Crippen LogP contribution >= 0.6 is 22.7 Å². The van der Waals surface area contributed by atoms with Crippen LogP contribution in [0.2, 0.25) is 0 Å². The van der Waals surface area contributed by atoms with Crippen molar-refractivity contribution in [3.8, 4) is 0 Å². The standard InChI is InChI=1S/C20H17N5O3S2/c1-11-4-2-6-14-16(11)24-20(30-14)23-15(26)8-7-12-10-29-19(22-12)25-18(28)13-5-3-9-21-17(13)27/h2-6,9-10,13H,7-8H2,1H3,(H,22,25,28)(H,23,24,26). The number of hydrogen-bond acceptors (Lipinski definition) is 7. The molecular formula is C20H17N5O3S2. The van der Waals surface area contributed by atoms with Gasteiger partial charge in [0, 0.05) is 18.0 Å². The molecule has 0 spiro atoms. The Hall–Kier alpha value is -3.24. The number of aryl methyl sites for hydroxylation is 2. The van der Waals surface area contributed by atoms with Gasteiger partial charge in [-0.15, -0.1) is 11.3 Å². The first-order valence-corrected chi connectivity index (χ1v) is 10.8. The number of amides is 3. The first-order chi connectivity index (χ1) is 14.5. The number of aliphatic imine (C=N–C) groups is 1. The first kappa shape index (κ1) is 20.0. The zero-order chi connectivity index (χ0) is 21.1. The van der Waals surface area contributed by atoms with Crippen LogP contribution in [0.3, 0.4) is 0 Å². The number of nitrogens with zero attached hydrogens (tertiary/aromatic N) is 3. The molecule has 1 aromatic carbocycles.